The van der Waals surface area contributed by atoms with Gasteiger partial charge in [0.25, 0.3) is 0 Å². The van der Waals surface area contributed by atoms with Gasteiger partial charge >= 0.3 is 5.97 Å². The molecule has 1 aliphatic heterocycles. The zero-order valence-electron chi connectivity index (χ0n) is 10.1. The number of amides is 1. The van der Waals surface area contributed by atoms with E-state index in [9.17, 15) is 9.59 Å². The van der Waals surface area contributed by atoms with Gasteiger partial charge in [0.15, 0.2) is 0 Å². The molecule has 0 saturated carbocycles. The molecule has 1 saturated heterocycles. The van der Waals surface area contributed by atoms with Crippen molar-refractivity contribution in [3.05, 3.63) is 0 Å². The van der Waals surface area contributed by atoms with Crippen molar-refractivity contribution >= 4 is 11.9 Å². The van der Waals surface area contributed by atoms with E-state index in [1.165, 1.54) is 0 Å². The third kappa shape index (κ3) is 4.70. The van der Waals surface area contributed by atoms with Crippen LogP contribution in [0.4, 0.5) is 0 Å². The third-order valence-electron chi connectivity index (χ3n) is 2.89. The highest BCUT2D eigenvalue weighted by molar-refractivity contribution is 5.85. The van der Waals surface area contributed by atoms with Crippen molar-refractivity contribution < 1.29 is 19.4 Å². The second-order valence-corrected chi connectivity index (χ2v) is 4.22. The molecular formula is C11H20N2O4. The van der Waals surface area contributed by atoms with Gasteiger partial charge in [-0.3, -0.25) is 4.79 Å². The maximum atomic E-state index is 11.7. The third-order valence-corrected chi connectivity index (χ3v) is 2.89. The van der Waals surface area contributed by atoms with Gasteiger partial charge in [0.1, 0.15) is 6.04 Å². The summed E-state index contributed by atoms with van der Waals surface area (Å²) in [7, 11) is 1.57. The summed E-state index contributed by atoms with van der Waals surface area (Å²) in [5.41, 5.74) is 0. The maximum Gasteiger partial charge on any atom is 0.326 e. The maximum absolute atomic E-state index is 11.7. The molecular weight excluding hydrogens is 224 g/mol. The predicted octanol–water partition coefficient (Wildman–Crippen LogP) is -0.408. The van der Waals surface area contributed by atoms with Crippen LogP contribution in [0.25, 0.3) is 0 Å². The summed E-state index contributed by atoms with van der Waals surface area (Å²) in [5.74, 6) is -1.25. The summed E-state index contributed by atoms with van der Waals surface area (Å²) in [5, 5.41) is 14.7. The molecule has 0 aromatic carbocycles. The Bertz CT molecular complexity index is 264. The summed E-state index contributed by atoms with van der Waals surface area (Å²) in [6.07, 6.45) is 1.79. The number of carbonyl (C=O) groups excluding carboxylic acids is 1. The van der Waals surface area contributed by atoms with Crippen LogP contribution >= 0.6 is 0 Å². The number of hydrogen-bond donors (Lipinski definition) is 3. The Kier molecular flexibility index (Phi) is 5.93. The quantitative estimate of drug-likeness (QED) is 0.530. The number of carboxylic acids is 1. The summed E-state index contributed by atoms with van der Waals surface area (Å²) in [4.78, 5) is 22.7. The molecule has 3 N–H and O–H groups in total. The number of aliphatic carboxylic acids is 1. The molecule has 0 aromatic heterocycles. The van der Waals surface area contributed by atoms with Crippen LogP contribution < -0.4 is 10.6 Å². The van der Waals surface area contributed by atoms with Crippen molar-refractivity contribution in [2.45, 2.75) is 25.3 Å². The SMILES string of the molecule is COCCCC(NC(=O)C1CCNC1)C(=O)O. The molecule has 6 nitrogen and oxygen atoms in total. The Hall–Kier alpha value is -1.14. The lowest BCUT2D eigenvalue weighted by Gasteiger charge is -2.16. The van der Waals surface area contributed by atoms with Crippen LogP contribution in [0.15, 0.2) is 0 Å². The van der Waals surface area contributed by atoms with Gasteiger partial charge in [-0.1, -0.05) is 0 Å². The van der Waals surface area contributed by atoms with Crippen molar-refractivity contribution in [1.29, 1.82) is 0 Å². The van der Waals surface area contributed by atoms with Gasteiger partial charge in [-0.15, -0.1) is 0 Å². The standard InChI is InChI=1S/C11H20N2O4/c1-17-6-2-3-9(11(15)16)13-10(14)8-4-5-12-7-8/h8-9,12H,2-7H2,1H3,(H,13,14)(H,15,16). The van der Waals surface area contributed by atoms with Gasteiger partial charge < -0.3 is 20.5 Å². The van der Waals surface area contributed by atoms with E-state index in [1.54, 1.807) is 7.11 Å². The van der Waals surface area contributed by atoms with Crippen LogP contribution in [-0.4, -0.2) is 49.8 Å². The topological polar surface area (TPSA) is 87.7 Å². The van der Waals surface area contributed by atoms with Crippen molar-refractivity contribution in [2.75, 3.05) is 26.8 Å². The van der Waals surface area contributed by atoms with E-state index in [1.807, 2.05) is 0 Å². The van der Waals surface area contributed by atoms with Crippen LogP contribution in [0.2, 0.25) is 0 Å². The number of methoxy groups -OCH3 is 1. The summed E-state index contributed by atoms with van der Waals surface area (Å²) in [6, 6.07) is -0.807. The Morgan fingerprint density at radius 3 is 2.88 bits per heavy atom. The molecule has 0 aromatic rings. The highest BCUT2D eigenvalue weighted by atomic mass is 16.5. The number of ether oxygens (including phenoxy) is 1. The average Bonchev–Trinajstić information content (AvgIpc) is 2.81. The zero-order valence-corrected chi connectivity index (χ0v) is 10.1. The second-order valence-electron chi connectivity index (χ2n) is 4.22. The van der Waals surface area contributed by atoms with Gasteiger partial charge in [-0.05, 0) is 25.8 Å². The predicted molar refractivity (Wildman–Crippen MR) is 61.7 cm³/mol. The van der Waals surface area contributed by atoms with Crippen molar-refractivity contribution in [3.63, 3.8) is 0 Å². The van der Waals surface area contributed by atoms with Crippen LogP contribution in [-0.2, 0) is 14.3 Å². The van der Waals surface area contributed by atoms with Crippen LogP contribution in [0, 0.1) is 5.92 Å². The highest BCUT2D eigenvalue weighted by Gasteiger charge is 2.26. The first-order chi connectivity index (χ1) is 8.15. The number of carboxylic acid groups (broad SMARTS) is 1. The smallest absolute Gasteiger partial charge is 0.326 e. The van der Waals surface area contributed by atoms with E-state index >= 15 is 0 Å². The largest absolute Gasteiger partial charge is 0.480 e. The Morgan fingerprint density at radius 2 is 2.35 bits per heavy atom. The Balaban J connectivity index is 2.36. The fraction of sp³-hybridized carbons (Fsp3) is 0.818. The number of nitrogens with one attached hydrogen (secondary N) is 2. The van der Waals surface area contributed by atoms with E-state index in [0.29, 0.717) is 26.0 Å². The molecule has 0 bridgehead atoms. The summed E-state index contributed by atoms with van der Waals surface area (Å²) >= 11 is 0. The van der Waals surface area contributed by atoms with Gasteiger partial charge in [-0.25, -0.2) is 4.79 Å². The molecule has 2 unspecified atom stereocenters. The molecule has 2 atom stereocenters. The van der Waals surface area contributed by atoms with Gasteiger partial charge in [0.2, 0.25) is 5.91 Å². The minimum atomic E-state index is -0.986. The van der Waals surface area contributed by atoms with E-state index < -0.39 is 12.0 Å². The zero-order chi connectivity index (χ0) is 12.7. The van der Waals surface area contributed by atoms with Crippen LogP contribution in [0.5, 0.6) is 0 Å². The lowest BCUT2D eigenvalue weighted by Crippen LogP contribution is -2.44. The van der Waals surface area contributed by atoms with E-state index in [2.05, 4.69) is 10.6 Å². The fourth-order valence-corrected chi connectivity index (χ4v) is 1.86. The van der Waals surface area contributed by atoms with Crippen LogP contribution in [0.3, 0.4) is 0 Å². The molecule has 1 fully saturated rings. The molecule has 6 heteroatoms. The van der Waals surface area contributed by atoms with Gasteiger partial charge in [0, 0.05) is 20.3 Å². The van der Waals surface area contributed by atoms with E-state index in [0.717, 1.165) is 13.0 Å². The van der Waals surface area contributed by atoms with Crippen molar-refractivity contribution in [3.8, 4) is 0 Å². The number of carbonyl (C=O) groups is 2. The highest BCUT2D eigenvalue weighted by Crippen LogP contribution is 2.08. The normalized spacial score (nSPS) is 21.1. The molecule has 1 amide bonds. The number of rotatable bonds is 7. The van der Waals surface area contributed by atoms with Gasteiger partial charge in [-0.2, -0.15) is 0 Å². The summed E-state index contributed by atoms with van der Waals surface area (Å²) in [6.45, 7) is 1.96. The lowest BCUT2D eigenvalue weighted by molar-refractivity contribution is -0.142. The minimum Gasteiger partial charge on any atom is -0.480 e. The molecule has 98 valence electrons. The number of hydrogen-bond acceptors (Lipinski definition) is 4. The first-order valence-corrected chi connectivity index (χ1v) is 5.88. The summed E-state index contributed by atoms with van der Waals surface area (Å²) < 4.78 is 4.86. The van der Waals surface area contributed by atoms with Crippen molar-refractivity contribution in [2.24, 2.45) is 5.92 Å². The monoisotopic (exact) mass is 244 g/mol. The fourth-order valence-electron chi connectivity index (χ4n) is 1.86. The van der Waals surface area contributed by atoms with E-state index in [4.69, 9.17) is 9.84 Å². The molecule has 17 heavy (non-hydrogen) atoms. The van der Waals surface area contributed by atoms with Crippen molar-refractivity contribution in [1.82, 2.24) is 10.6 Å². The molecule has 1 heterocycles. The Morgan fingerprint density at radius 1 is 1.59 bits per heavy atom. The average molecular weight is 244 g/mol. The Labute approximate surface area is 101 Å². The first kappa shape index (κ1) is 13.9. The molecule has 1 aliphatic rings. The first-order valence-electron chi connectivity index (χ1n) is 5.88. The van der Waals surface area contributed by atoms with E-state index in [-0.39, 0.29) is 11.8 Å². The lowest BCUT2D eigenvalue weighted by atomic mass is 10.1. The molecule has 0 spiro atoms. The van der Waals surface area contributed by atoms with Crippen LogP contribution in [0.1, 0.15) is 19.3 Å². The molecule has 0 aliphatic carbocycles. The van der Waals surface area contributed by atoms with Gasteiger partial charge in [0.05, 0.1) is 5.92 Å². The molecule has 0 radical (unpaired) electrons. The molecule has 1 rings (SSSR count). The second kappa shape index (κ2) is 7.24. The minimum absolute atomic E-state index is 0.0979.